The summed E-state index contributed by atoms with van der Waals surface area (Å²) in [5.74, 6) is 0.0376. The molecule has 0 radical (unpaired) electrons. The quantitative estimate of drug-likeness (QED) is 0.647. The summed E-state index contributed by atoms with van der Waals surface area (Å²) in [6, 6.07) is 0.544. The zero-order valence-corrected chi connectivity index (χ0v) is 10.5. The molecular formula is C12H23N3O. The smallest absolute Gasteiger partial charge is 0.216 e. The number of carbonyl (C=O) groups is 1. The summed E-state index contributed by atoms with van der Waals surface area (Å²) in [5, 5.41) is 9.72. The number of hydrogen-bond donors (Lipinski definition) is 3. The number of nitrogens with one attached hydrogen (secondary N) is 3. The molecule has 1 fully saturated rings. The first-order valence-electron chi connectivity index (χ1n) is 5.97. The van der Waals surface area contributed by atoms with Crippen molar-refractivity contribution in [1.82, 2.24) is 16.0 Å². The van der Waals surface area contributed by atoms with Crippen LogP contribution in [-0.4, -0.2) is 31.6 Å². The molecule has 0 saturated carbocycles. The van der Waals surface area contributed by atoms with Gasteiger partial charge in [0.05, 0.1) is 0 Å². The first-order valence-corrected chi connectivity index (χ1v) is 5.97. The van der Waals surface area contributed by atoms with E-state index in [1.165, 1.54) is 17.7 Å². The van der Waals surface area contributed by atoms with E-state index in [2.05, 4.69) is 29.8 Å². The minimum atomic E-state index is 0.0376. The van der Waals surface area contributed by atoms with Crippen LogP contribution in [0.2, 0.25) is 0 Å². The highest BCUT2D eigenvalue weighted by atomic mass is 16.1. The molecule has 1 rings (SSSR count). The summed E-state index contributed by atoms with van der Waals surface area (Å²) < 4.78 is 0. The lowest BCUT2D eigenvalue weighted by Crippen LogP contribution is -2.32. The van der Waals surface area contributed by atoms with E-state index in [1.54, 1.807) is 6.92 Å². The lowest BCUT2D eigenvalue weighted by molar-refractivity contribution is -0.118. The van der Waals surface area contributed by atoms with Crippen LogP contribution in [0.4, 0.5) is 0 Å². The second-order valence-corrected chi connectivity index (χ2v) is 4.55. The molecule has 3 N–H and O–H groups in total. The van der Waals surface area contributed by atoms with Gasteiger partial charge < -0.3 is 16.0 Å². The highest BCUT2D eigenvalue weighted by molar-refractivity contribution is 5.72. The highest BCUT2D eigenvalue weighted by Crippen LogP contribution is 2.08. The number of carbonyl (C=O) groups excluding carboxylic acids is 1. The third-order valence-electron chi connectivity index (χ3n) is 2.79. The van der Waals surface area contributed by atoms with E-state index in [9.17, 15) is 4.79 Å². The Hall–Kier alpha value is -1.03. The van der Waals surface area contributed by atoms with Gasteiger partial charge in [0.1, 0.15) is 0 Å². The van der Waals surface area contributed by atoms with Crippen LogP contribution in [0.25, 0.3) is 0 Å². The summed E-state index contributed by atoms with van der Waals surface area (Å²) in [4.78, 5) is 10.8. The monoisotopic (exact) mass is 225 g/mol. The van der Waals surface area contributed by atoms with Crippen molar-refractivity contribution in [2.24, 2.45) is 0 Å². The van der Waals surface area contributed by atoms with E-state index in [0.717, 1.165) is 19.5 Å². The first kappa shape index (κ1) is 13.0. The van der Waals surface area contributed by atoms with Crippen molar-refractivity contribution in [2.45, 2.75) is 39.7 Å². The molecule has 92 valence electrons. The van der Waals surface area contributed by atoms with Crippen molar-refractivity contribution in [3.05, 3.63) is 11.3 Å². The molecule has 1 amide bonds. The average molecular weight is 225 g/mol. The number of amides is 1. The fourth-order valence-corrected chi connectivity index (χ4v) is 1.85. The number of hydrogen-bond acceptors (Lipinski definition) is 3. The van der Waals surface area contributed by atoms with Gasteiger partial charge in [0, 0.05) is 38.2 Å². The summed E-state index contributed by atoms with van der Waals surface area (Å²) in [6.07, 6.45) is 2.06. The van der Waals surface area contributed by atoms with E-state index in [4.69, 9.17) is 0 Å². The SMILES string of the molecule is CC(=O)NCCC(NC1CCNC1)=C(C)C. The van der Waals surface area contributed by atoms with Gasteiger partial charge in [-0.15, -0.1) is 0 Å². The van der Waals surface area contributed by atoms with Gasteiger partial charge in [-0.05, 0) is 26.8 Å². The van der Waals surface area contributed by atoms with Gasteiger partial charge in [-0.1, -0.05) is 5.57 Å². The molecule has 1 unspecified atom stereocenters. The highest BCUT2D eigenvalue weighted by Gasteiger charge is 2.15. The Balaban J connectivity index is 2.36. The van der Waals surface area contributed by atoms with Crippen LogP contribution in [0.3, 0.4) is 0 Å². The predicted octanol–water partition coefficient (Wildman–Crippen LogP) is 0.758. The largest absolute Gasteiger partial charge is 0.384 e. The molecule has 0 aromatic carbocycles. The van der Waals surface area contributed by atoms with Gasteiger partial charge in [0.25, 0.3) is 0 Å². The lowest BCUT2D eigenvalue weighted by atomic mass is 10.1. The van der Waals surface area contributed by atoms with Crippen molar-refractivity contribution in [3.63, 3.8) is 0 Å². The molecule has 16 heavy (non-hydrogen) atoms. The van der Waals surface area contributed by atoms with Gasteiger partial charge in [-0.2, -0.15) is 0 Å². The van der Waals surface area contributed by atoms with Crippen LogP contribution in [-0.2, 0) is 4.79 Å². The summed E-state index contributed by atoms with van der Waals surface area (Å²) >= 11 is 0. The summed E-state index contributed by atoms with van der Waals surface area (Å²) in [6.45, 7) is 8.62. The maximum absolute atomic E-state index is 10.8. The maximum Gasteiger partial charge on any atom is 0.216 e. The molecule has 1 saturated heterocycles. The van der Waals surface area contributed by atoms with E-state index < -0.39 is 0 Å². The van der Waals surface area contributed by atoms with E-state index >= 15 is 0 Å². The van der Waals surface area contributed by atoms with Crippen LogP contribution in [0.1, 0.15) is 33.6 Å². The normalized spacial score (nSPS) is 19.3. The summed E-state index contributed by atoms with van der Waals surface area (Å²) in [5.41, 5.74) is 2.57. The molecule has 1 heterocycles. The molecule has 0 aromatic rings. The van der Waals surface area contributed by atoms with Crippen molar-refractivity contribution in [1.29, 1.82) is 0 Å². The minimum Gasteiger partial charge on any atom is -0.384 e. The van der Waals surface area contributed by atoms with E-state index in [1.807, 2.05) is 0 Å². The van der Waals surface area contributed by atoms with E-state index in [-0.39, 0.29) is 5.91 Å². The Kier molecular flexibility index (Phi) is 5.32. The fourth-order valence-electron chi connectivity index (χ4n) is 1.85. The number of allylic oxidation sites excluding steroid dienone is 1. The van der Waals surface area contributed by atoms with Gasteiger partial charge in [0.15, 0.2) is 0 Å². The Morgan fingerprint density at radius 2 is 2.12 bits per heavy atom. The van der Waals surface area contributed by atoms with Gasteiger partial charge in [0.2, 0.25) is 5.91 Å². The zero-order valence-electron chi connectivity index (χ0n) is 10.5. The second kappa shape index (κ2) is 6.53. The Morgan fingerprint density at radius 1 is 1.38 bits per heavy atom. The van der Waals surface area contributed by atoms with Crippen LogP contribution in [0.5, 0.6) is 0 Å². The molecule has 1 atom stereocenters. The molecule has 4 nitrogen and oxygen atoms in total. The first-order chi connectivity index (χ1) is 7.59. The van der Waals surface area contributed by atoms with Gasteiger partial charge in [-0.3, -0.25) is 4.79 Å². The molecule has 0 aliphatic carbocycles. The third kappa shape index (κ3) is 4.66. The van der Waals surface area contributed by atoms with Crippen LogP contribution >= 0.6 is 0 Å². The predicted molar refractivity (Wildman–Crippen MR) is 66.1 cm³/mol. The van der Waals surface area contributed by atoms with Crippen molar-refractivity contribution < 1.29 is 4.79 Å². The molecule has 1 aliphatic heterocycles. The Morgan fingerprint density at radius 3 is 2.62 bits per heavy atom. The molecule has 4 heteroatoms. The van der Waals surface area contributed by atoms with Crippen LogP contribution < -0.4 is 16.0 Å². The second-order valence-electron chi connectivity index (χ2n) is 4.55. The Bertz CT molecular complexity index is 263. The van der Waals surface area contributed by atoms with Crippen LogP contribution in [0, 0.1) is 0 Å². The molecule has 1 aliphatic rings. The van der Waals surface area contributed by atoms with Gasteiger partial charge >= 0.3 is 0 Å². The lowest BCUT2D eigenvalue weighted by Gasteiger charge is -2.18. The number of rotatable bonds is 5. The standard InChI is InChI=1S/C12H23N3O/c1-9(2)12(5-7-14-10(3)16)15-11-4-6-13-8-11/h11,13,15H,4-8H2,1-3H3,(H,14,16). The maximum atomic E-state index is 10.8. The molecule has 0 spiro atoms. The minimum absolute atomic E-state index is 0.0376. The van der Waals surface area contributed by atoms with Crippen molar-refractivity contribution >= 4 is 5.91 Å². The van der Waals surface area contributed by atoms with Crippen molar-refractivity contribution in [3.8, 4) is 0 Å². The van der Waals surface area contributed by atoms with Crippen LogP contribution in [0.15, 0.2) is 11.3 Å². The summed E-state index contributed by atoms with van der Waals surface area (Å²) in [7, 11) is 0. The molecule has 0 aromatic heterocycles. The zero-order chi connectivity index (χ0) is 12.0. The topological polar surface area (TPSA) is 53.2 Å². The average Bonchev–Trinajstić information content (AvgIpc) is 2.68. The fraction of sp³-hybridized carbons (Fsp3) is 0.750. The van der Waals surface area contributed by atoms with E-state index in [0.29, 0.717) is 12.6 Å². The van der Waals surface area contributed by atoms with Gasteiger partial charge in [-0.25, -0.2) is 0 Å². The van der Waals surface area contributed by atoms with Crippen molar-refractivity contribution in [2.75, 3.05) is 19.6 Å². The molecular weight excluding hydrogens is 202 g/mol. The Labute approximate surface area is 97.9 Å². The third-order valence-corrected chi connectivity index (χ3v) is 2.79. The molecule has 0 bridgehead atoms.